The molecule has 0 aliphatic heterocycles. The van der Waals surface area contributed by atoms with Crippen molar-refractivity contribution in [3.05, 3.63) is 42.0 Å². The van der Waals surface area contributed by atoms with Crippen molar-refractivity contribution in [1.29, 1.82) is 0 Å². The number of alkyl halides is 1. The van der Waals surface area contributed by atoms with E-state index in [-0.39, 0.29) is 5.38 Å². The number of rotatable bonds is 3. The second kappa shape index (κ2) is 4.40. The van der Waals surface area contributed by atoms with E-state index in [0.717, 1.165) is 11.3 Å². The van der Waals surface area contributed by atoms with Gasteiger partial charge in [0.1, 0.15) is 0 Å². The summed E-state index contributed by atoms with van der Waals surface area (Å²) in [5.41, 5.74) is 2.00. The minimum Gasteiger partial charge on any atom is -0.264 e. The number of pyridine rings is 1. The van der Waals surface area contributed by atoms with E-state index in [2.05, 4.69) is 15.3 Å². The third kappa shape index (κ3) is 2.33. The summed E-state index contributed by atoms with van der Waals surface area (Å²) < 4.78 is 1.79. The van der Waals surface area contributed by atoms with Crippen molar-refractivity contribution in [2.45, 2.75) is 18.8 Å². The smallest absolute Gasteiger partial charge is 0.0767 e. The second-order valence-corrected chi connectivity index (χ2v) is 3.95. The fourth-order valence-corrected chi connectivity index (χ4v) is 1.53. The van der Waals surface area contributed by atoms with Gasteiger partial charge < -0.3 is 0 Å². The average Bonchev–Trinajstić information content (AvgIpc) is 2.67. The molecule has 78 valence electrons. The van der Waals surface area contributed by atoms with E-state index in [9.17, 15) is 0 Å². The number of nitrogens with zero attached hydrogens (tertiary/aromatic N) is 4. The van der Waals surface area contributed by atoms with E-state index in [1.807, 2.05) is 25.3 Å². The van der Waals surface area contributed by atoms with Gasteiger partial charge in [-0.15, -0.1) is 16.7 Å². The Kier molecular flexibility index (Phi) is 2.97. The Morgan fingerprint density at radius 2 is 2.33 bits per heavy atom. The van der Waals surface area contributed by atoms with Crippen LogP contribution in [0.4, 0.5) is 0 Å². The summed E-state index contributed by atoms with van der Waals surface area (Å²) in [6.07, 6.45) is 5.24. The van der Waals surface area contributed by atoms with Crippen LogP contribution < -0.4 is 0 Å². The Morgan fingerprint density at radius 3 is 3.00 bits per heavy atom. The van der Waals surface area contributed by atoms with Gasteiger partial charge in [-0.3, -0.25) is 4.98 Å². The Morgan fingerprint density at radius 1 is 1.47 bits per heavy atom. The third-order valence-corrected chi connectivity index (χ3v) is 2.33. The van der Waals surface area contributed by atoms with Crippen LogP contribution in [-0.4, -0.2) is 20.0 Å². The van der Waals surface area contributed by atoms with Gasteiger partial charge >= 0.3 is 0 Å². The summed E-state index contributed by atoms with van der Waals surface area (Å²) in [5, 5.41) is 7.75. The molecule has 0 spiro atoms. The zero-order valence-corrected chi connectivity index (χ0v) is 9.09. The molecule has 0 aliphatic rings. The Hall–Kier alpha value is -1.42. The first-order valence-electron chi connectivity index (χ1n) is 4.68. The maximum absolute atomic E-state index is 6.00. The molecule has 2 aromatic rings. The molecule has 0 radical (unpaired) electrons. The molecule has 1 atom stereocenters. The van der Waals surface area contributed by atoms with Crippen LogP contribution in [-0.2, 0) is 6.54 Å². The lowest BCUT2D eigenvalue weighted by Crippen LogP contribution is -2.06. The molecule has 0 N–H and O–H groups in total. The molecule has 0 saturated heterocycles. The largest absolute Gasteiger partial charge is 0.264 e. The van der Waals surface area contributed by atoms with Crippen LogP contribution in [0.1, 0.15) is 23.6 Å². The highest BCUT2D eigenvalue weighted by Gasteiger charge is 2.09. The second-order valence-electron chi connectivity index (χ2n) is 3.29. The molecule has 0 aromatic carbocycles. The van der Waals surface area contributed by atoms with Gasteiger partial charge in [-0.05, 0) is 18.6 Å². The van der Waals surface area contributed by atoms with Crippen molar-refractivity contribution >= 4 is 11.6 Å². The van der Waals surface area contributed by atoms with E-state index >= 15 is 0 Å². The lowest BCUT2D eigenvalue weighted by Gasteiger charge is -2.06. The molecule has 0 fully saturated rings. The Labute approximate surface area is 92.9 Å². The molecule has 2 heterocycles. The summed E-state index contributed by atoms with van der Waals surface area (Å²) >= 11 is 6.00. The standard InChI is InChI=1S/C10H11ClN4/c1-8(11)10-6-13-14-15(10)7-9-3-2-4-12-5-9/h2-6,8H,7H2,1H3. The van der Waals surface area contributed by atoms with Crippen molar-refractivity contribution in [1.82, 2.24) is 20.0 Å². The monoisotopic (exact) mass is 222 g/mol. The van der Waals surface area contributed by atoms with Crippen LogP contribution in [0.25, 0.3) is 0 Å². The van der Waals surface area contributed by atoms with Crippen molar-refractivity contribution in [3.8, 4) is 0 Å². The molecule has 0 aliphatic carbocycles. The molecule has 1 unspecified atom stereocenters. The van der Waals surface area contributed by atoms with Crippen LogP contribution in [0.2, 0.25) is 0 Å². The van der Waals surface area contributed by atoms with Crippen LogP contribution in [0.15, 0.2) is 30.7 Å². The summed E-state index contributed by atoms with van der Waals surface area (Å²) in [4.78, 5) is 4.05. The summed E-state index contributed by atoms with van der Waals surface area (Å²) in [7, 11) is 0. The van der Waals surface area contributed by atoms with Gasteiger partial charge in [0.2, 0.25) is 0 Å². The van der Waals surface area contributed by atoms with Crippen molar-refractivity contribution < 1.29 is 0 Å². The topological polar surface area (TPSA) is 43.6 Å². The average molecular weight is 223 g/mol. The third-order valence-electron chi connectivity index (χ3n) is 2.11. The molecular formula is C10H11ClN4. The number of aromatic nitrogens is 4. The minimum absolute atomic E-state index is 0.0864. The van der Waals surface area contributed by atoms with Crippen LogP contribution in [0, 0.1) is 0 Å². The van der Waals surface area contributed by atoms with Crippen molar-refractivity contribution in [2.75, 3.05) is 0 Å². The zero-order chi connectivity index (χ0) is 10.7. The van der Waals surface area contributed by atoms with Crippen LogP contribution in [0.5, 0.6) is 0 Å². The molecule has 5 heteroatoms. The maximum atomic E-state index is 6.00. The Bertz CT molecular complexity index is 424. The molecule has 0 saturated carbocycles. The van der Waals surface area contributed by atoms with Gasteiger partial charge in [-0.25, -0.2) is 4.68 Å². The summed E-state index contributed by atoms with van der Waals surface area (Å²) in [5.74, 6) is 0. The predicted molar refractivity (Wildman–Crippen MR) is 57.6 cm³/mol. The summed E-state index contributed by atoms with van der Waals surface area (Å²) in [6, 6.07) is 3.90. The molecule has 0 amide bonds. The van der Waals surface area contributed by atoms with E-state index in [4.69, 9.17) is 11.6 Å². The molecule has 2 aromatic heterocycles. The first-order valence-corrected chi connectivity index (χ1v) is 5.12. The van der Waals surface area contributed by atoms with Gasteiger partial charge in [0.15, 0.2) is 0 Å². The lowest BCUT2D eigenvalue weighted by molar-refractivity contribution is 0.617. The quantitative estimate of drug-likeness (QED) is 0.747. The summed E-state index contributed by atoms with van der Waals surface area (Å²) in [6.45, 7) is 2.56. The van der Waals surface area contributed by atoms with E-state index in [0.29, 0.717) is 6.54 Å². The van der Waals surface area contributed by atoms with Gasteiger partial charge in [0.25, 0.3) is 0 Å². The van der Waals surface area contributed by atoms with Crippen molar-refractivity contribution in [2.24, 2.45) is 0 Å². The van der Waals surface area contributed by atoms with E-state index < -0.39 is 0 Å². The van der Waals surface area contributed by atoms with Gasteiger partial charge in [0.05, 0.1) is 23.8 Å². The highest BCUT2D eigenvalue weighted by Crippen LogP contribution is 2.18. The lowest BCUT2D eigenvalue weighted by atomic mass is 10.3. The fraction of sp³-hybridized carbons (Fsp3) is 0.300. The number of halogens is 1. The highest BCUT2D eigenvalue weighted by atomic mass is 35.5. The molecule has 4 nitrogen and oxygen atoms in total. The van der Waals surface area contributed by atoms with Crippen LogP contribution in [0.3, 0.4) is 0 Å². The van der Waals surface area contributed by atoms with E-state index in [1.165, 1.54) is 0 Å². The molecule has 0 bridgehead atoms. The first kappa shape index (κ1) is 10.1. The minimum atomic E-state index is -0.0864. The van der Waals surface area contributed by atoms with Gasteiger partial charge in [-0.1, -0.05) is 11.3 Å². The first-order chi connectivity index (χ1) is 7.27. The molecular weight excluding hydrogens is 212 g/mol. The van der Waals surface area contributed by atoms with Gasteiger partial charge in [0, 0.05) is 12.4 Å². The van der Waals surface area contributed by atoms with Crippen molar-refractivity contribution in [3.63, 3.8) is 0 Å². The highest BCUT2D eigenvalue weighted by molar-refractivity contribution is 6.20. The normalized spacial score (nSPS) is 12.7. The predicted octanol–water partition coefficient (Wildman–Crippen LogP) is 2.02. The fourth-order valence-electron chi connectivity index (χ4n) is 1.36. The number of hydrogen-bond donors (Lipinski definition) is 0. The Balaban J connectivity index is 2.21. The molecule has 15 heavy (non-hydrogen) atoms. The maximum Gasteiger partial charge on any atom is 0.0767 e. The SMILES string of the molecule is CC(Cl)c1cnnn1Cc1cccnc1. The molecule has 2 rings (SSSR count). The zero-order valence-electron chi connectivity index (χ0n) is 8.34. The van der Waals surface area contributed by atoms with E-state index in [1.54, 1.807) is 17.1 Å². The van der Waals surface area contributed by atoms with Gasteiger partial charge in [-0.2, -0.15) is 0 Å². The van der Waals surface area contributed by atoms with Crippen LogP contribution >= 0.6 is 11.6 Å². The number of hydrogen-bond acceptors (Lipinski definition) is 3.